The van der Waals surface area contributed by atoms with Crippen molar-refractivity contribution in [2.75, 3.05) is 20.6 Å². The van der Waals surface area contributed by atoms with Gasteiger partial charge in [-0.3, -0.25) is 4.99 Å². The number of aromatic nitrogens is 1. The quantitative estimate of drug-likeness (QED) is 0.392. The summed E-state index contributed by atoms with van der Waals surface area (Å²) >= 11 is 6.83. The molecule has 35 heavy (non-hydrogen) atoms. The fourth-order valence-corrected chi connectivity index (χ4v) is 5.65. The molecule has 2 N–H and O–H groups in total. The van der Waals surface area contributed by atoms with Gasteiger partial charge in [-0.1, -0.05) is 48.0 Å². The van der Waals surface area contributed by atoms with Gasteiger partial charge in [0.05, 0.1) is 34.2 Å². The first-order chi connectivity index (χ1) is 16.9. The van der Waals surface area contributed by atoms with E-state index >= 15 is 0 Å². The Hall–Kier alpha value is -3.16. The predicted molar refractivity (Wildman–Crippen MR) is 143 cm³/mol. The van der Waals surface area contributed by atoms with E-state index in [-0.39, 0.29) is 4.59 Å². The van der Waals surface area contributed by atoms with Crippen LogP contribution in [0.1, 0.15) is 18.4 Å². The summed E-state index contributed by atoms with van der Waals surface area (Å²) in [6.07, 6.45) is 7.69. The number of nitrogens with two attached hydrogens (primary N) is 1. The molecule has 3 aliphatic rings. The van der Waals surface area contributed by atoms with Crippen molar-refractivity contribution >= 4 is 34.6 Å². The second-order valence-corrected chi connectivity index (χ2v) is 10.4. The minimum atomic E-state index is -0.0166. The molecule has 176 valence electrons. The average Bonchev–Trinajstić information content (AvgIpc) is 3.13. The smallest absolute Gasteiger partial charge is 0.266 e. The molecule has 1 atom stereocenters. The number of fused-ring (bicyclic) bond motifs is 2. The van der Waals surface area contributed by atoms with E-state index in [2.05, 4.69) is 42.2 Å². The van der Waals surface area contributed by atoms with Crippen LogP contribution in [0.2, 0.25) is 5.02 Å². The molecule has 1 unspecified atom stereocenters. The summed E-state index contributed by atoms with van der Waals surface area (Å²) in [5.41, 5.74) is 5.62. The second-order valence-electron chi connectivity index (χ2n) is 9.94. The molecule has 1 fully saturated rings. The van der Waals surface area contributed by atoms with Crippen molar-refractivity contribution in [2.45, 2.75) is 12.8 Å². The second kappa shape index (κ2) is 8.50. The van der Waals surface area contributed by atoms with E-state index < -0.39 is 0 Å². The summed E-state index contributed by atoms with van der Waals surface area (Å²) in [4.78, 5) is 16.7. The summed E-state index contributed by atoms with van der Waals surface area (Å²) in [5, 5.41) is 1.60. The van der Waals surface area contributed by atoms with Crippen molar-refractivity contribution in [1.29, 1.82) is 0 Å². The first-order valence-electron chi connectivity index (χ1n) is 12.0. The zero-order chi connectivity index (χ0) is 24.2. The number of hydrogen-bond donors (Lipinski definition) is 1. The van der Waals surface area contributed by atoms with Crippen molar-refractivity contribution in [3.63, 3.8) is 0 Å². The lowest BCUT2D eigenvalue weighted by atomic mass is 9.72. The Kier molecular flexibility index (Phi) is 5.42. The number of allylic oxidation sites excluding steroid dienone is 2. The number of quaternary nitrogens is 1. The van der Waals surface area contributed by atoms with Crippen LogP contribution >= 0.6 is 11.6 Å². The molecule has 0 saturated heterocycles. The van der Waals surface area contributed by atoms with E-state index in [0.29, 0.717) is 22.7 Å². The van der Waals surface area contributed by atoms with Crippen LogP contribution < -0.4 is 5.84 Å². The van der Waals surface area contributed by atoms with Crippen LogP contribution in [0, 0.1) is 11.8 Å². The van der Waals surface area contributed by atoms with Crippen LogP contribution in [0.25, 0.3) is 22.2 Å². The van der Waals surface area contributed by atoms with Crippen molar-refractivity contribution < 1.29 is 4.59 Å². The minimum Gasteiger partial charge on any atom is -0.309 e. The van der Waals surface area contributed by atoms with E-state index in [9.17, 15) is 0 Å². The predicted octanol–water partition coefficient (Wildman–Crippen LogP) is 5.36. The minimum absolute atomic E-state index is 0.0166. The number of hydrogen-bond acceptors (Lipinski definition) is 5. The molecular weight excluding hydrogens is 456 g/mol. The van der Waals surface area contributed by atoms with Gasteiger partial charge in [0.1, 0.15) is 11.9 Å². The third-order valence-electron chi connectivity index (χ3n) is 7.16. The maximum absolute atomic E-state index is 6.98. The molecule has 2 aromatic carbocycles. The number of amidine groups is 1. The molecule has 3 heterocycles. The van der Waals surface area contributed by atoms with Crippen molar-refractivity contribution in [3.05, 3.63) is 89.0 Å². The largest absolute Gasteiger partial charge is 0.309 e. The lowest BCUT2D eigenvalue weighted by Gasteiger charge is -2.36. The molecule has 7 heteroatoms. The zero-order valence-electron chi connectivity index (χ0n) is 19.9. The maximum atomic E-state index is 6.98. The Morgan fingerprint density at radius 3 is 2.66 bits per heavy atom. The van der Waals surface area contributed by atoms with Crippen LogP contribution in [0.15, 0.2) is 88.4 Å². The normalized spacial score (nSPS) is 25.2. The third kappa shape index (κ3) is 3.83. The molecule has 0 bridgehead atoms. The summed E-state index contributed by atoms with van der Waals surface area (Å²) in [6, 6.07) is 18.2. The highest BCUT2D eigenvalue weighted by atomic mass is 35.5. The summed E-state index contributed by atoms with van der Waals surface area (Å²) < 4.78 is -0.0166. The van der Waals surface area contributed by atoms with E-state index in [1.54, 1.807) is 6.20 Å². The van der Waals surface area contributed by atoms with E-state index in [4.69, 9.17) is 27.4 Å². The molecule has 1 aliphatic carbocycles. The molecule has 0 amide bonds. The highest BCUT2D eigenvalue weighted by molar-refractivity contribution is 6.34. The van der Waals surface area contributed by atoms with Crippen LogP contribution in [-0.2, 0) is 0 Å². The number of aliphatic imine (C=N–C) groups is 2. The van der Waals surface area contributed by atoms with E-state index in [1.807, 2.05) is 48.8 Å². The maximum Gasteiger partial charge on any atom is 0.266 e. The molecule has 1 saturated carbocycles. The van der Waals surface area contributed by atoms with Crippen molar-refractivity contribution in [3.8, 4) is 11.3 Å². The molecule has 6 nitrogen and oxygen atoms in total. The van der Waals surface area contributed by atoms with Crippen LogP contribution in [0.5, 0.6) is 0 Å². The fourth-order valence-electron chi connectivity index (χ4n) is 5.40. The van der Waals surface area contributed by atoms with Gasteiger partial charge < -0.3 is 4.90 Å². The highest BCUT2D eigenvalue weighted by Gasteiger charge is 2.48. The van der Waals surface area contributed by atoms with Crippen LogP contribution in [-0.4, -0.2) is 47.2 Å². The van der Waals surface area contributed by atoms with Crippen LogP contribution in [0.3, 0.4) is 0 Å². The average molecular weight is 484 g/mol. The van der Waals surface area contributed by atoms with Gasteiger partial charge in [-0.15, -0.1) is 4.59 Å². The van der Waals surface area contributed by atoms with Gasteiger partial charge in [0.25, 0.3) is 5.84 Å². The van der Waals surface area contributed by atoms with Crippen molar-refractivity contribution in [2.24, 2.45) is 27.7 Å². The molecule has 0 spiro atoms. The molecule has 1 aromatic heterocycles. The van der Waals surface area contributed by atoms with Gasteiger partial charge in [-0.2, -0.15) is 10.8 Å². The molecule has 3 aromatic rings. The first kappa shape index (κ1) is 22.3. The number of halogens is 1. The van der Waals surface area contributed by atoms with Gasteiger partial charge in [0.2, 0.25) is 5.70 Å². The van der Waals surface area contributed by atoms with Gasteiger partial charge in [-0.25, -0.2) is 4.98 Å². The van der Waals surface area contributed by atoms with E-state index in [0.717, 1.165) is 58.5 Å². The fraction of sp³-hybridized carbons (Fsp3) is 0.250. The summed E-state index contributed by atoms with van der Waals surface area (Å²) in [5.74, 6) is 8.76. The Labute approximate surface area is 210 Å². The zero-order valence-corrected chi connectivity index (χ0v) is 20.7. The van der Waals surface area contributed by atoms with Gasteiger partial charge in [0.15, 0.2) is 0 Å². The first-order valence-corrected chi connectivity index (χ1v) is 12.3. The summed E-state index contributed by atoms with van der Waals surface area (Å²) in [6.45, 7) is 1.10. The molecule has 6 rings (SSSR count). The monoisotopic (exact) mass is 483 g/mol. The Balaban J connectivity index is 1.41. The summed E-state index contributed by atoms with van der Waals surface area (Å²) in [7, 11) is 4.25. The number of nitrogens with zero attached hydrogens (tertiary/aromatic N) is 5. The van der Waals surface area contributed by atoms with Crippen molar-refractivity contribution in [1.82, 2.24) is 9.88 Å². The Morgan fingerprint density at radius 2 is 1.89 bits per heavy atom. The number of benzene rings is 2. The van der Waals surface area contributed by atoms with Gasteiger partial charge >= 0.3 is 0 Å². The molecule has 2 aliphatic heterocycles. The lowest BCUT2D eigenvalue weighted by molar-refractivity contribution is -0.750. The highest BCUT2D eigenvalue weighted by Crippen LogP contribution is 2.45. The molecule has 0 radical (unpaired) electrons. The topological polar surface area (TPSA) is 66.9 Å². The lowest BCUT2D eigenvalue weighted by Crippen LogP contribution is -2.53. The Morgan fingerprint density at radius 1 is 1.09 bits per heavy atom. The standard InChI is InChI=1S/C28H28ClN6/c1-34(2)17-18-12-21(13-18)27-26-16-31-10-11-35(26,30)28(33-27)22-15-25-20(14-23(22)29)8-9-24(32-25)19-6-4-3-5-7-19/h3-11,14-16,18,21H,12-13,17,30H2,1-2H3/q+1. The Bertz CT molecular complexity index is 1430. The number of rotatable bonds is 5. The number of pyridine rings is 1. The SMILES string of the molecule is CN(C)CC1CC(C2=C3C=NC=C[N+]3(N)C(c3cc4nc(-c5ccccc5)ccc4cc3Cl)=N2)C1. The molecular formula is C28H28ClN6+. The van der Waals surface area contributed by atoms with Gasteiger partial charge in [0, 0.05) is 23.4 Å². The van der Waals surface area contributed by atoms with Gasteiger partial charge in [-0.05, 0) is 51.1 Å². The van der Waals surface area contributed by atoms with Crippen LogP contribution in [0.4, 0.5) is 0 Å². The van der Waals surface area contributed by atoms with E-state index in [1.165, 1.54) is 0 Å². The third-order valence-corrected chi connectivity index (χ3v) is 7.47.